The van der Waals surface area contributed by atoms with Crippen LogP contribution in [0.5, 0.6) is 11.6 Å². The average Bonchev–Trinajstić information content (AvgIpc) is 2.60. The van der Waals surface area contributed by atoms with Gasteiger partial charge in [0.15, 0.2) is 9.84 Å². The largest absolute Gasteiger partial charge is 0.511 e. The molecule has 0 amide bonds. The Morgan fingerprint density at radius 1 is 1.30 bits per heavy atom. The fourth-order valence-corrected chi connectivity index (χ4v) is 5.42. The molecule has 1 aromatic heterocycles. The van der Waals surface area contributed by atoms with Gasteiger partial charge >= 0.3 is 12.3 Å². The molecule has 0 spiro atoms. The Morgan fingerprint density at radius 3 is 2.53 bits per heavy atom. The van der Waals surface area contributed by atoms with Gasteiger partial charge in [0, 0.05) is 23.7 Å². The fraction of sp³-hybridized carbons (Fsp3) is 0.333. The summed E-state index contributed by atoms with van der Waals surface area (Å²) in [6.45, 7) is 2.95. The van der Waals surface area contributed by atoms with E-state index in [1.807, 2.05) is 0 Å². The summed E-state index contributed by atoms with van der Waals surface area (Å²) in [6.07, 6.45) is -6.64. The molecule has 0 fully saturated rings. The lowest BCUT2D eigenvalue weighted by Crippen LogP contribution is -2.26. The number of benzene rings is 1. The van der Waals surface area contributed by atoms with Gasteiger partial charge in [-0.1, -0.05) is 11.6 Å². The van der Waals surface area contributed by atoms with Crippen molar-refractivity contribution in [3.05, 3.63) is 45.6 Å². The second-order valence-corrected chi connectivity index (χ2v) is 9.10. The lowest BCUT2D eigenvalue weighted by molar-refractivity contribution is -0.137. The summed E-state index contributed by atoms with van der Waals surface area (Å²) in [7, 11) is -3.69. The van der Waals surface area contributed by atoms with Crippen molar-refractivity contribution >= 4 is 27.6 Å². The van der Waals surface area contributed by atoms with Gasteiger partial charge in [0.05, 0.1) is 16.2 Å². The Morgan fingerprint density at radius 2 is 1.97 bits per heavy atom. The molecule has 1 aliphatic heterocycles. The van der Waals surface area contributed by atoms with E-state index in [2.05, 4.69) is 4.98 Å². The number of hydrogen-bond acceptors (Lipinski definition) is 6. The number of aryl methyl sites for hydroxylation is 1. The number of ether oxygens (including phenoxy) is 2. The molecule has 1 N–H and O–H groups in total. The van der Waals surface area contributed by atoms with E-state index >= 15 is 0 Å². The van der Waals surface area contributed by atoms with Crippen molar-refractivity contribution in [1.29, 1.82) is 0 Å². The van der Waals surface area contributed by atoms with Crippen LogP contribution in [0.1, 0.15) is 34.8 Å². The maximum Gasteiger partial charge on any atom is 0.511 e. The number of rotatable bonds is 3. The van der Waals surface area contributed by atoms with Crippen molar-refractivity contribution in [3.63, 3.8) is 0 Å². The molecule has 0 aliphatic carbocycles. The van der Waals surface area contributed by atoms with E-state index in [9.17, 15) is 26.4 Å². The summed E-state index contributed by atoms with van der Waals surface area (Å²) in [5.41, 5.74) is -0.424. The molecule has 12 heteroatoms. The summed E-state index contributed by atoms with van der Waals surface area (Å²) < 4.78 is 74.1. The van der Waals surface area contributed by atoms with E-state index in [1.165, 1.54) is 19.9 Å². The zero-order valence-electron chi connectivity index (χ0n) is 15.6. The van der Waals surface area contributed by atoms with Gasteiger partial charge in [0.25, 0.3) is 0 Å². The van der Waals surface area contributed by atoms with Crippen molar-refractivity contribution in [2.45, 2.75) is 37.4 Å². The quantitative estimate of drug-likeness (QED) is 0.516. The predicted octanol–water partition coefficient (Wildman–Crippen LogP) is 4.72. The number of aromatic nitrogens is 1. The molecular weight excluding hydrogens is 451 g/mol. The third-order valence-corrected chi connectivity index (χ3v) is 6.80. The van der Waals surface area contributed by atoms with Crippen LogP contribution >= 0.6 is 11.6 Å². The summed E-state index contributed by atoms with van der Waals surface area (Å²) in [5, 5.41) is 8.53. The highest BCUT2D eigenvalue weighted by Gasteiger charge is 2.37. The number of sulfone groups is 1. The minimum Gasteiger partial charge on any atom is -0.468 e. The first-order chi connectivity index (χ1) is 13.8. The van der Waals surface area contributed by atoms with Crippen LogP contribution in [0.3, 0.4) is 0 Å². The highest BCUT2D eigenvalue weighted by Crippen LogP contribution is 2.43. The van der Waals surface area contributed by atoms with E-state index in [0.29, 0.717) is 12.3 Å². The zero-order valence-corrected chi connectivity index (χ0v) is 17.2. The average molecular weight is 466 g/mol. The molecule has 1 aliphatic rings. The van der Waals surface area contributed by atoms with Crippen LogP contribution in [0, 0.1) is 13.8 Å². The molecule has 1 aromatic carbocycles. The smallest absolute Gasteiger partial charge is 0.468 e. The van der Waals surface area contributed by atoms with Crippen molar-refractivity contribution in [3.8, 4) is 11.6 Å². The van der Waals surface area contributed by atoms with Gasteiger partial charge in [-0.3, -0.25) is 0 Å². The van der Waals surface area contributed by atoms with Gasteiger partial charge in [-0.2, -0.15) is 13.2 Å². The number of carbonyl (C=O) groups is 1. The van der Waals surface area contributed by atoms with Crippen LogP contribution in [0.15, 0.2) is 23.2 Å². The van der Waals surface area contributed by atoms with Crippen molar-refractivity contribution in [1.82, 2.24) is 4.98 Å². The van der Waals surface area contributed by atoms with Gasteiger partial charge in [-0.05, 0) is 31.5 Å². The van der Waals surface area contributed by atoms with Crippen LogP contribution in [0.25, 0.3) is 0 Å². The Hall–Kier alpha value is -2.53. The monoisotopic (exact) mass is 465 g/mol. The molecule has 30 heavy (non-hydrogen) atoms. The summed E-state index contributed by atoms with van der Waals surface area (Å²) >= 11 is 5.90. The molecule has 3 rings (SSSR count). The second kappa shape index (κ2) is 7.62. The van der Waals surface area contributed by atoms with E-state index in [0.717, 1.165) is 0 Å². The Labute approximate surface area is 174 Å². The SMILES string of the molecule is Cc1cc(OC(=O)O)c(C)c2c1S(=O)(=O)CCC2Oc1ncc(C(F)(F)F)cc1Cl. The first-order valence-corrected chi connectivity index (χ1v) is 10.5. The molecule has 162 valence electrons. The highest BCUT2D eigenvalue weighted by molar-refractivity contribution is 7.91. The number of halogens is 4. The number of alkyl halides is 3. The molecular formula is C18H15ClF3NO6S. The summed E-state index contributed by atoms with van der Waals surface area (Å²) in [6, 6.07) is 1.96. The molecule has 0 radical (unpaired) electrons. The van der Waals surface area contributed by atoms with Crippen LogP contribution in [-0.4, -0.2) is 30.4 Å². The predicted molar refractivity (Wildman–Crippen MR) is 98.9 cm³/mol. The Balaban J connectivity index is 2.09. The maximum atomic E-state index is 12.8. The van der Waals surface area contributed by atoms with E-state index in [1.54, 1.807) is 0 Å². The standard InChI is InChI=1S/C18H15ClF3NO6S/c1-8-5-13(29-17(24)25)9(2)14-12(3-4-30(26,27)15(8)14)28-16-11(19)6-10(7-23-16)18(20,21)22/h5-7,12H,3-4H2,1-2H3,(H,24,25). The topological polar surface area (TPSA) is 103 Å². The Bertz CT molecular complexity index is 1130. The van der Waals surface area contributed by atoms with Crippen LogP contribution in [0.4, 0.5) is 18.0 Å². The molecule has 7 nitrogen and oxygen atoms in total. The fourth-order valence-electron chi connectivity index (χ4n) is 3.31. The van der Waals surface area contributed by atoms with Crippen LogP contribution in [-0.2, 0) is 16.0 Å². The Kier molecular flexibility index (Phi) is 5.63. The molecule has 0 saturated carbocycles. The van der Waals surface area contributed by atoms with Crippen molar-refractivity contribution < 1.29 is 41.0 Å². The molecule has 0 saturated heterocycles. The minimum absolute atomic E-state index is 0.0305. The lowest BCUT2D eigenvalue weighted by atomic mass is 9.97. The second-order valence-electron chi connectivity index (χ2n) is 6.65. The number of nitrogens with zero attached hydrogens (tertiary/aromatic N) is 1. The molecule has 2 heterocycles. The molecule has 2 aromatic rings. The number of fused-ring (bicyclic) bond motifs is 1. The van der Waals surface area contributed by atoms with Gasteiger partial charge in [0.1, 0.15) is 16.9 Å². The highest BCUT2D eigenvalue weighted by atomic mass is 35.5. The van der Waals surface area contributed by atoms with E-state index in [-0.39, 0.29) is 45.4 Å². The minimum atomic E-state index is -4.64. The number of hydrogen-bond donors (Lipinski definition) is 1. The summed E-state index contributed by atoms with van der Waals surface area (Å²) in [5.74, 6) is -0.653. The number of carboxylic acid groups (broad SMARTS) is 1. The molecule has 0 bridgehead atoms. The van der Waals surface area contributed by atoms with Gasteiger partial charge in [-0.15, -0.1) is 0 Å². The molecule has 1 atom stereocenters. The zero-order chi connectivity index (χ0) is 22.4. The van der Waals surface area contributed by atoms with E-state index in [4.69, 9.17) is 26.2 Å². The van der Waals surface area contributed by atoms with Crippen molar-refractivity contribution in [2.24, 2.45) is 0 Å². The van der Waals surface area contributed by atoms with Gasteiger partial charge in [0.2, 0.25) is 5.88 Å². The first kappa shape index (κ1) is 22.2. The van der Waals surface area contributed by atoms with Crippen molar-refractivity contribution in [2.75, 3.05) is 5.75 Å². The number of pyridine rings is 1. The normalized spacial score (nSPS) is 17.9. The maximum absolute atomic E-state index is 12.8. The third-order valence-electron chi connectivity index (χ3n) is 4.59. The van der Waals surface area contributed by atoms with E-state index < -0.39 is 38.9 Å². The summed E-state index contributed by atoms with van der Waals surface area (Å²) in [4.78, 5) is 14.6. The van der Waals surface area contributed by atoms with Crippen LogP contribution in [0.2, 0.25) is 5.02 Å². The van der Waals surface area contributed by atoms with Gasteiger partial charge in [-0.25, -0.2) is 18.2 Å². The molecule has 1 unspecified atom stereocenters. The first-order valence-electron chi connectivity index (χ1n) is 8.48. The third kappa shape index (κ3) is 4.17. The van der Waals surface area contributed by atoms with Crippen LogP contribution < -0.4 is 9.47 Å². The van der Waals surface area contributed by atoms with Gasteiger partial charge < -0.3 is 14.6 Å². The lowest BCUT2D eigenvalue weighted by Gasteiger charge is -2.29.